The molecule has 0 bridgehead atoms. The third-order valence-electron chi connectivity index (χ3n) is 4.15. The number of aromatic nitrogens is 1. The van der Waals surface area contributed by atoms with E-state index in [0.717, 1.165) is 43.9 Å². The molecule has 0 aliphatic heterocycles. The van der Waals surface area contributed by atoms with Gasteiger partial charge in [0.15, 0.2) is 0 Å². The Hall–Kier alpha value is -2.52. The van der Waals surface area contributed by atoms with Crippen molar-refractivity contribution >= 4 is 44.0 Å². The third kappa shape index (κ3) is 2.16. The normalized spacial score (nSPS) is 11.3. The van der Waals surface area contributed by atoms with Crippen LogP contribution in [0.15, 0.2) is 48.5 Å². The van der Waals surface area contributed by atoms with E-state index in [0.29, 0.717) is 5.15 Å². The average Bonchev–Trinajstić information content (AvgIpc) is 2.60. The van der Waals surface area contributed by atoms with Gasteiger partial charge in [0.05, 0.1) is 19.7 Å². The highest BCUT2D eigenvalue weighted by atomic mass is 35.5. The molecule has 1 aromatic heterocycles. The second kappa shape index (κ2) is 5.28. The number of fused-ring (bicyclic) bond motifs is 5. The first-order valence-electron chi connectivity index (χ1n) is 7.25. The van der Waals surface area contributed by atoms with E-state index in [-0.39, 0.29) is 0 Å². The molecule has 0 unspecified atom stereocenters. The number of halogens is 1. The first-order chi connectivity index (χ1) is 11.2. The van der Waals surface area contributed by atoms with E-state index in [1.54, 1.807) is 14.2 Å². The predicted molar refractivity (Wildman–Crippen MR) is 94.9 cm³/mol. The molecule has 0 spiro atoms. The van der Waals surface area contributed by atoms with Crippen LogP contribution in [0.2, 0.25) is 5.15 Å². The van der Waals surface area contributed by atoms with Crippen molar-refractivity contribution < 1.29 is 9.47 Å². The number of rotatable bonds is 2. The standard InChI is InChI=1S/C19H14ClNO2/c1-22-12-4-7-14-11(9-12)3-6-16-15-8-5-13(23-2)10-17(15)19(20)21-18(14)16/h3-10H,1-2H3. The molecule has 0 fully saturated rings. The van der Waals surface area contributed by atoms with Gasteiger partial charge in [-0.3, -0.25) is 0 Å². The van der Waals surface area contributed by atoms with E-state index in [2.05, 4.69) is 17.1 Å². The van der Waals surface area contributed by atoms with Crippen molar-refractivity contribution in [2.45, 2.75) is 0 Å². The monoisotopic (exact) mass is 323 g/mol. The van der Waals surface area contributed by atoms with E-state index in [1.807, 2.05) is 36.4 Å². The first-order valence-corrected chi connectivity index (χ1v) is 7.63. The molecule has 114 valence electrons. The van der Waals surface area contributed by atoms with Gasteiger partial charge in [0.25, 0.3) is 0 Å². The van der Waals surface area contributed by atoms with Crippen molar-refractivity contribution in [3.05, 3.63) is 53.7 Å². The number of methoxy groups -OCH3 is 2. The molecular weight excluding hydrogens is 310 g/mol. The van der Waals surface area contributed by atoms with Gasteiger partial charge in [-0.1, -0.05) is 23.7 Å². The Bertz CT molecular complexity index is 1060. The van der Waals surface area contributed by atoms with Crippen molar-refractivity contribution in [2.75, 3.05) is 14.2 Å². The summed E-state index contributed by atoms with van der Waals surface area (Å²) >= 11 is 6.43. The van der Waals surface area contributed by atoms with Gasteiger partial charge >= 0.3 is 0 Å². The third-order valence-corrected chi connectivity index (χ3v) is 4.44. The minimum absolute atomic E-state index is 0.481. The summed E-state index contributed by atoms with van der Waals surface area (Å²) in [6.07, 6.45) is 0. The molecule has 0 atom stereocenters. The Labute approximate surface area is 138 Å². The van der Waals surface area contributed by atoms with Gasteiger partial charge in [0.1, 0.15) is 16.7 Å². The van der Waals surface area contributed by atoms with Crippen LogP contribution in [-0.2, 0) is 0 Å². The first kappa shape index (κ1) is 14.1. The fraction of sp³-hybridized carbons (Fsp3) is 0.105. The van der Waals surface area contributed by atoms with Crippen LogP contribution in [0, 0.1) is 0 Å². The van der Waals surface area contributed by atoms with Crippen LogP contribution in [0.4, 0.5) is 0 Å². The summed E-state index contributed by atoms with van der Waals surface area (Å²) in [7, 11) is 3.31. The van der Waals surface area contributed by atoms with Crippen LogP contribution in [0.1, 0.15) is 0 Å². The van der Waals surface area contributed by atoms with Crippen LogP contribution >= 0.6 is 11.6 Å². The number of pyridine rings is 1. The van der Waals surface area contributed by atoms with Crippen molar-refractivity contribution in [1.29, 1.82) is 0 Å². The Morgan fingerprint density at radius 1 is 0.739 bits per heavy atom. The van der Waals surface area contributed by atoms with Gasteiger partial charge < -0.3 is 9.47 Å². The van der Waals surface area contributed by atoms with Crippen LogP contribution in [0.3, 0.4) is 0 Å². The Morgan fingerprint density at radius 3 is 2.13 bits per heavy atom. The smallest absolute Gasteiger partial charge is 0.137 e. The van der Waals surface area contributed by atoms with Gasteiger partial charge in [-0.15, -0.1) is 0 Å². The molecule has 0 saturated carbocycles. The molecule has 0 N–H and O–H groups in total. The largest absolute Gasteiger partial charge is 0.497 e. The fourth-order valence-electron chi connectivity index (χ4n) is 2.97. The average molecular weight is 324 g/mol. The van der Waals surface area contributed by atoms with Crippen molar-refractivity contribution in [3.8, 4) is 11.5 Å². The lowest BCUT2D eigenvalue weighted by atomic mass is 10.0. The van der Waals surface area contributed by atoms with Gasteiger partial charge in [0.2, 0.25) is 0 Å². The van der Waals surface area contributed by atoms with Gasteiger partial charge in [-0.25, -0.2) is 4.98 Å². The maximum absolute atomic E-state index is 6.43. The zero-order valence-electron chi connectivity index (χ0n) is 12.8. The van der Waals surface area contributed by atoms with Gasteiger partial charge in [-0.2, -0.15) is 0 Å². The van der Waals surface area contributed by atoms with Crippen molar-refractivity contribution in [2.24, 2.45) is 0 Å². The van der Waals surface area contributed by atoms with Crippen molar-refractivity contribution in [1.82, 2.24) is 4.98 Å². The number of ether oxygens (including phenoxy) is 2. The molecule has 3 nitrogen and oxygen atoms in total. The van der Waals surface area contributed by atoms with Gasteiger partial charge in [-0.05, 0) is 47.2 Å². The number of hydrogen-bond donors (Lipinski definition) is 0. The van der Waals surface area contributed by atoms with E-state index < -0.39 is 0 Å². The maximum atomic E-state index is 6.43. The molecule has 3 aromatic carbocycles. The Morgan fingerprint density at radius 2 is 1.39 bits per heavy atom. The molecular formula is C19H14ClNO2. The highest BCUT2D eigenvalue weighted by Gasteiger charge is 2.11. The van der Waals surface area contributed by atoms with E-state index in [4.69, 9.17) is 21.1 Å². The summed E-state index contributed by atoms with van der Waals surface area (Å²) in [6.45, 7) is 0. The van der Waals surface area contributed by atoms with Crippen molar-refractivity contribution in [3.63, 3.8) is 0 Å². The molecule has 23 heavy (non-hydrogen) atoms. The summed E-state index contributed by atoms with van der Waals surface area (Å²) in [6, 6.07) is 16.0. The molecule has 0 aliphatic rings. The Balaban J connectivity index is 2.13. The lowest BCUT2D eigenvalue weighted by molar-refractivity contribution is 0.415. The lowest BCUT2D eigenvalue weighted by Gasteiger charge is -2.10. The molecule has 1 heterocycles. The van der Waals surface area contributed by atoms with E-state index in [9.17, 15) is 0 Å². The minimum Gasteiger partial charge on any atom is -0.497 e. The zero-order chi connectivity index (χ0) is 16.0. The molecule has 0 radical (unpaired) electrons. The molecule has 4 heteroatoms. The molecule has 4 aromatic rings. The van der Waals surface area contributed by atoms with Crippen LogP contribution in [0.5, 0.6) is 11.5 Å². The minimum atomic E-state index is 0.481. The van der Waals surface area contributed by atoms with Crippen LogP contribution in [-0.4, -0.2) is 19.2 Å². The number of hydrogen-bond acceptors (Lipinski definition) is 3. The summed E-state index contributed by atoms with van der Waals surface area (Å²) in [5.41, 5.74) is 0.896. The summed E-state index contributed by atoms with van der Waals surface area (Å²) in [5.74, 6) is 1.60. The van der Waals surface area contributed by atoms with Crippen LogP contribution < -0.4 is 9.47 Å². The van der Waals surface area contributed by atoms with Gasteiger partial charge in [0, 0.05) is 16.2 Å². The summed E-state index contributed by atoms with van der Waals surface area (Å²) in [5, 5.41) is 5.65. The SMILES string of the molecule is COc1ccc2c(ccc3c4ccc(OC)cc4c(Cl)nc23)c1. The topological polar surface area (TPSA) is 31.4 Å². The second-order valence-electron chi connectivity index (χ2n) is 5.36. The van der Waals surface area contributed by atoms with Crippen LogP contribution in [0.25, 0.3) is 32.4 Å². The summed E-state index contributed by atoms with van der Waals surface area (Å²) in [4.78, 5) is 4.63. The quantitative estimate of drug-likeness (QED) is 0.375. The molecule has 4 rings (SSSR count). The lowest BCUT2D eigenvalue weighted by Crippen LogP contribution is -1.89. The fourth-order valence-corrected chi connectivity index (χ4v) is 3.21. The Kier molecular flexibility index (Phi) is 3.24. The summed E-state index contributed by atoms with van der Waals surface area (Å²) < 4.78 is 10.6. The zero-order valence-corrected chi connectivity index (χ0v) is 13.5. The highest BCUT2D eigenvalue weighted by molar-refractivity contribution is 6.36. The number of nitrogens with zero attached hydrogens (tertiary/aromatic N) is 1. The molecule has 0 amide bonds. The van der Waals surface area contributed by atoms with E-state index in [1.165, 1.54) is 0 Å². The highest BCUT2D eigenvalue weighted by Crippen LogP contribution is 2.35. The predicted octanol–water partition coefficient (Wildman–Crippen LogP) is 5.21. The molecule has 0 aliphatic carbocycles. The molecule has 0 saturated heterocycles. The second-order valence-corrected chi connectivity index (χ2v) is 5.72. The van der Waals surface area contributed by atoms with E-state index >= 15 is 0 Å². The number of benzene rings is 3. The maximum Gasteiger partial charge on any atom is 0.137 e.